The fraction of sp³-hybridized carbons (Fsp3) is 0.250. The number of rotatable bonds is 3. The molecule has 0 saturated carbocycles. The van der Waals surface area contributed by atoms with Crippen molar-refractivity contribution in [1.29, 1.82) is 0 Å². The summed E-state index contributed by atoms with van der Waals surface area (Å²) in [5.74, 6) is 6.03. The summed E-state index contributed by atoms with van der Waals surface area (Å²) < 4.78 is 0. The van der Waals surface area contributed by atoms with Gasteiger partial charge in [0.1, 0.15) is 6.29 Å². The Labute approximate surface area is 84.3 Å². The molecule has 0 aliphatic rings. The zero-order valence-corrected chi connectivity index (χ0v) is 8.21. The molecule has 0 saturated heterocycles. The Balaban J connectivity index is 2.64. The average Bonchev–Trinajstić information content (AvgIpc) is 2.25. The highest BCUT2D eigenvalue weighted by Crippen LogP contribution is 2.00. The monoisotopic (exact) mass is 187 g/mol. The molecule has 0 radical (unpaired) electrons. The van der Waals surface area contributed by atoms with Gasteiger partial charge in [0.25, 0.3) is 0 Å². The standard InChI is InChI=1S/C12H13NO/c1-13-8-3-2-5-11-6-4-7-12(9-11)10-14/h4,6-7,9-10,13H,3,8H2,1H3. The Morgan fingerprint density at radius 2 is 2.36 bits per heavy atom. The third-order valence-electron chi connectivity index (χ3n) is 1.76. The number of benzene rings is 1. The van der Waals surface area contributed by atoms with E-state index in [-0.39, 0.29) is 0 Å². The van der Waals surface area contributed by atoms with E-state index in [2.05, 4.69) is 17.2 Å². The van der Waals surface area contributed by atoms with Crippen molar-refractivity contribution < 1.29 is 4.79 Å². The quantitative estimate of drug-likeness (QED) is 0.441. The van der Waals surface area contributed by atoms with Gasteiger partial charge in [0, 0.05) is 24.1 Å². The molecule has 0 atom stereocenters. The second-order valence-electron chi connectivity index (χ2n) is 2.90. The van der Waals surface area contributed by atoms with E-state index in [1.807, 2.05) is 19.2 Å². The lowest BCUT2D eigenvalue weighted by Gasteiger charge is -1.91. The van der Waals surface area contributed by atoms with Crippen molar-refractivity contribution in [2.45, 2.75) is 6.42 Å². The number of carbonyl (C=O) groups excluding carboxylic acids is 1. The van der Waals surface area contributed by atoms with E-state index in [1.54, 1.807) is 12.1 Å². The van der Waals surface area contributed by atoms with Crippen LogP contribution in [0, 0.1) is 11.8 Å². The Morgan fingerprint density at radius 3 is 3.07 bits per heavy atom. The first kappa shape index (κ1) is 10.5. The van der Waals surface area contributed by atoms with Gasteiger partial charge in [-0.1, -0.05) is 24.0 Å². The molecule has 2 nitrogen and oxygen atoms in total. The highest BCUT2D eigenvalue weighted by Gasteiger charge is 1.89. The molecule has 0 aromatic heterocycles. The van der Waals surface area contributed by atoms with E-state index in [9.17, 15) is 4.79 Å². The van der Waals surface area contributed by atoms with E-state index in [4.69, 9.17) is 0 Å². The highest BCUT2D eigenvalue weighted by atomic mass is 16.1. The summed E-state index contributed by atoms with van der Waals surface area (Å²) in [4.78, 5) is 10.5. The van der Waals surface area contributed by atoms with E-state index in [1.165, 1.54) is 0 Å². The first-order valence-corrected chi connectivity index (χ1v) is 4.55. The van der Waals surface area contributed by atoms with Crippen LogP contribution < -0.4 is 5.32 Å². The van der Waals surface area contributed by atoms with Crippen molar-refractivity contribution in [2.75, 3.05) is 13.6 Å². The van der Waals surface area contributed by atoms with Crippen LogP contribution in [0.5, 0.6) is 0 Å². The molecule has 2 heteroatoms. The Bertz CT molecular complexity index is 360. The van der Waals surface area contributed by atoms with Gasteiger partial charge >= 0.3 is 0 Å². The van der Waals surface area contributed by atoms with E-state index < -0.39 is 0 Å². The van der Waals surface area contributed by atoms with Crippen molar-refractivity contribution in [3.05, 3.63) is 35.4 Å². The van der Waals surface area contributed by atoms with Crippen LogP contribution in [-0.4, -0.2) is 19.9 Å². The summed E-state index contributed by atoms with van der Waals surface area (Å²) in [6.45, 7) is 0.889. The van der Waals surface area contributed by atoms with Crippen LogP contribution in [0.25, 0.3) is 0 Å². The van der Waals surface area contributed by atoms with Crippen molar-refractivity contribution in [3.63, 3.8) is 0 Å². The molecule has 0 aliphatic carbocycles. The van der Waals surface area contributed by atoms with Gasteiger partial charge in [-0.05, 0) is 19.2 Å². The smallest absolute Gasteiger partial charge is 0.150 e. The van der Waals surface area contributed by atoms with E-state index in [0.717, 1.165) is 24.8 Å². The summed E-state index contributed by atoms with van der Waals surface area (Å²) >= 11 is 0. The van der Waals surface area contributed by atoms with Gasteiger partial charge in [-0.3, -0.25) is 4.79 Å². The minimum Gasteiger partial charge on any atom is -0.319 e. The molecule has 1 aromatic carbocycles. The topological polar surface area (TPSA) is 29.1 Å². The fourth-order valence-corrected chi connectivity index (χ4v) is 1.04. The Hall–Kier alpha value is -1.59. The molecule has 0 spiro atoms. The zero-order valence-electron chi connectivity index (χ0n) is 8.21. The lowest BCUT2D eigenvalue weighted by Crippen LogP contribution is -2.05. The maximum atomic E-state index is 10.5. The maximum Gasteiger partial charge on any atom is 0.150 e. The van der Waals surface area contributed by atoms with Crippen LogP contribution in [0.4, 0.5) is 0 Å². The molecule has 0 fully saturated rings. The van der Waals surface area contributed by atoms with Crippen molar-refractivity contribution in [1.82, 2.24) is 5.32 Å². The molecule has 0 amide bonds. The van der Waals surface area contributed by atoms with Gasteiger partial charge in [-0.15, -0.1) is 0 Å². The average molecular weight is 187 g/mol. The number of aldehydes is 1. The highest BCUT2D eigenvalue weighted by molar-refractivity contribution is 5.75. The first-order chi connectivity index (χ1) is 6.86. The zero-order chi connectivity index (χ0) is 10.2. The molecular formula is C12H13NO. The van der Waals surface area contributed by atoms with Crippen LogP contribution in [-0.2, 0) is 0 Å². The molecule has 72 valence electrons. The summed E-state index contributed by atoms with van der Waals surface area (Å²) in [6.07, 6.45) is 1.65. The number of nitrogens with one attached hydrogen (secondary N) is 1. The predicted octanol–water partition coefficient (Wildman–Crippen LogP) is 1.46. The van der Waals surface area contributed by atoms with Crippen LogP contribution >= 0.6 is 0 Å². The molecule has 0 unspecified atom stereocenters. The Kier molecular flexibility index (Phi) is 4.46. The largest absolute Gasteiger partial charge is 0.319 e. The predicted molar refractivity (Wildman–Crippen MR) is 57.3 cm³/mol. The molecular weight excluding hydrogens is 174 g/mol. The van der Waals surface area contributed by atoms with E-state index >= 15 is 0 Å². The molecule has 14 heavy (non-hydrogen) atoms. The third kappa shape index (κ3) is 3.42. The van der Waals surface area contributed by atoms with Gasteiger partial charge < -0.3 is 5.32 Å². The number of hydrogen-bond acceptors (Lipinski definition) is 2. The van der Waals surface area contributed by atoms with Gasteiger partial charge in [-0.25, -0.2) is 0 Å². The molecule has 1 N–H and O–H groups in total. The second-order valence-corrected chi connectivity index (χ2v) is 2.90. The third-order valence-corrected chi connectivity index (χ3v) is 1.76. The van der Waals surface area contributed by atoms with Crippen LogP contribution in [0.3, 0.4) is 0 Å². The Morgan fingerprint density at radius 1 is 1.50 bits per heavy atom. The number of carbonyl (C=O) groups is 1. The summed E-state index contributed by atoms with van der Waals surface area (Å²) in [7, 11) is 1.90. The molecule has 0 bridgehead atoms. The van der Waals surface area contributed by atoms with Crippen molar-refractivity contribution in [3.8, 4) is 11.8 Å². The van der Waals surface area contributed by atoms with E-state index in [0.29, 0.717) is 5.56 Å². The number of hydrogen-bond donors (Lipinski definition) is 1. The van der Waals surface area contributed by atoms with Gasteiger partial charge in [0.05, 0.1) is 0 Å². The second kappa shape index (κ2) is 5.95. The molecule has 1 aromatic rings. The summed E-state index contributed by atoms with van der Waals surface area (Å²) in [5.41, 5.74) is 1.57. The normalized spacial score (nSPS) is 8.93. The maximum absolute atomic E-state index is 10.5. The fourth-order valence-electron chi connectivity index (χ4n) is 1.04. The van der Waals surface area contributed by atoms with Crippen LogP contribution in [0.2, 0.25) is 0 Å². The SMILES string of the molecule is CNCCC#Cc1cccc(C=O)c1. The lowest BCUT2D eigenvalue weighted by molar-refractivity contribution is 0.112. The van der Waals surface area contributed by atoms with Crippen molar-refractivity contribution >= 4 is 6.29 Å². The van der Waals surface area contributed by atoms with Gasteiger partial charge in [-0.2, -0.15) is 0 Å². The molecule has 0 heterocycles. The van der Waals surface area contributed by atoms with Gasteiger partial charge in [0.15, 0.2) is 0 Å². The molecule has 1 rings (SSSR count). The minimum absolute atomic E-state index is 0.672. The lowest BCUT2D eigenvalue weighted by atomic mass is 10.1. The van der Waals surface area contributed by atoms with Crippen molar-refractivity contribution in [2.24, 2.45) is 0 Å². The van der Waals surface area contributed by atoms with Crippen LogP contribution in [0.1, 0.15) is 22.3 Å². The van der Waals surface area contributed by atoms with Gasteiger partial charge in [0.2, 0.25) is 0 Å². The minimum atomic E-state index is 0.672. The summed E-state index contributed by atoms with van der Waals surface area (Å²) in [6, 6.07) is 7.30. The van der Waals surface area contributed by atoms with Crippen LogP contribution in [0.15, 0.2) is 24.3 Å². The first-order valence-electron chi connectivity index (χ1n) is 4.55. The summed E-state index contributed by atoms with van der Waals surface area (Å²) in [5, 5.41) is 3.02. The molecule has 0 aliphatic heterocycles.